The van der Waals surface area contributed by atoms with Crippen LogP contribution in [0.4, 0.5) is 0 Å². The molecule has 16 heavy (non-hydrogen) atoms. The molecule has 0 N–H and O–H groups in total. The Labute approximate surface area is 96.6 Å². The molecule has 0 unspecified atom stereocenters. The van der Waals surface area contributed by atoms with Gasteiger partial charge in [0.1, 0.15) is 5.75 Å². The molecular formula is C14H18O2. The van der Waals surface area contributed by atoms with Crippen molar-refractivity contribution in [1.82, 2.24) is 0 Å². The molecule has 2 rings (SSSR count). The van der Waals surface area contributed by atoms with Gasteiger partial charge in [0.2, 0.25) is 0 Å². The Morgan fingerprint density at radius 2 is 2.25 bits per heavy atom. The van der Waals surface area contributed by atoms with Gasteiger partial charge in [0.05, 0.1) is 6.61 Å². The summed E-state index contributed by atoms with van der Waals surface area (Å²) < 4.78 is 5.72. The first-order valence-corrected chi connectivity index (χ1v) is 5.90. The van der Waals surface area contributed by atoms with E-state index in [-0.39, 0.29) is 5.78 Å². The maximum Gasteiger partial charge on any atom is 0.159 e. The van der Waals surface area contributed by atoms with Gasteiger partial charge in [-0.05, 0) is 43.7 Å². The van der Waals surface area contributed by atoms with E-state index in [2.05, 4.69) is 6.92 Å². The van der Waals surface area contributed by atoms with Crippen molar-refractivity contribution in [1.29, 1.82) is 0 Å². The smallest absolute Gasteiger partial charge is 0.159 e. The van der Waals surface area contributed by atoms with Crippen molar-refractivity contribution in [3.63, 3.8) is 0 Å². The Morgan fingerprint density at radius 1 is 1.44 bits per heavy atom. The third kappa shape index (κ3) is 2.43. The molecule has 86 valence electrons. The third-order valence-corrected chi connectivity index (χ3v) is 3.50. The van der Waals surface area contributed by atoms with Crippen molar-refractivity contribution in [3.8, 4) is 5.75 Å². The van der Waals surface area contributed by atoms with Crippen LogP contribution in [-0.4, -0.2) is 12.4 Å². The van der Waals surface area contributed by atoms with Crippen molar-refractivity contribution in [2.45, 2.75) is 26.7 Å². The SMILES string of the molecule is CC(=O)c1cccc(OC[C@@H]2CC[C@@H]2C)c1. The van der Waals surface area contributed by atoms with E-state index >= 15 is 0 Å². The van der Waals surface area contributed by atoms with Gasteiger partial charge < -0.3 is 4.74 Å². The van der Waals surface area contributed by atoms with E-state index in [0.29, 0.717) is 5.92 Å². The number of benzene rings is 1. The van der Waals surface area contributed by atoms with E-state index in [1.165, 1.54) is 12.8 Å². The van der Waals surface area contributed by atoms with Gasteiger partial charge in [-0.3, -0.25) is 4.79 Å². The first kappa shape index (κ1) is 11.2. The highest BCUT2D eigenvalue weighted by atomic mass is 16.5. The number of carbonyl (C=O) groups excluding carboxylic acids is 1. The molecule has 0 saturated heterocycles. The number of hydrogen-bond acceptors (Lipinski definition) is 2. The second-order valence-electron chi connectivity index (χ2n) is 4.71. The molecule has 0 spiro atoms. The fraction of sp³-hybridized carbons (Fsp3) is 0.500. The fourth-order valence-electron chi connectivity index (χ4n) is 1.99. The number of rotatable bonds is 4. The summed E-state index contributed by atoms with van der Waals surface area (Å²) in [5.41, 5.74) is 0.721. The zero-order valence-corrected chi connectivity index (χ0v) is 9.90. The lowest BCUT2D eigenvalue weighted by atomic mass is 9.75. The maximum absolute atomic E-state index is 11.2. The zero-order valence-electron chi connectivity index (χ0n) is 9.90. The quantitative estimate of drug-likeness (QED) is 0.725. The number of ether oxygens (including phenoxy) is 1. The minimum absolute atomic E-state index is 0.0856. The van der Waals surface area contributed by atoms with Crippen LogP contribution in [0.5, 0.6) is 5.75 Å². The second-order valence-corrected chi connectivity index (χ2v) is 4.71. The van der Waals surface area contributed by atoms with Gasteiger partial charge in [-0.2, -0.15) is 0 Å². The molecule has 1 aromatic carbocycles. The van der Waals surface area contributed by atoms with E-state index in [4.69, 9.17) is 4.74 Å². The highest BCUT2D eigenvalue weighted by Gasteiger charge is 2.27. The molecular weight excluding hydrogens is 200 g/mol. The average molecular weight is 218 g/mol. The molecule has 0 bridgehead atoms. The van der Waals surface area contributed by atoms with Gasteiger partial charge in [-0.1, -0.05) is 19.1 Å². The largest absolute Gasteiger partial charge is 0.493 e. The Bertz CT molecular complexity index is 384. The number of ketones is 1. The highest BCUT2D eigenvalue weighted by molar-refractivity contribution is 5.94. The molecule has 0 aliphatic heterocycles. The molecule has 2 atom stereocenters. The third-order valence-electron chi connectivity index (χ3n) is 3.50. The monoisotopic (exact) mass is 218 g/mol. The molecule has 1 aromatic rings. The van der Waals surface area contributed by atoms with Crippen LogP contribution in [0, 0.1) is 11.8 Å². The topological polar surface area (TPSA) is 26.3 Å². The van der Waals surface area contributed by atoms with E-state index in [9.17, 15) is 4.79 Å². The lowest BCUT2D eigenvalue weighted by molar-refractivity contribution is 0.101. The van der Waals surface area contributed by atoms with Crippen molar-refractivity contribution < 1.29 is 9.53 Å². The van der Waals surface area contributed by atoms with E-state index in [1.807, 2.05) is 24.3 Å². The molecule has 1 aliphatic carbocycles. The molecule has 0 radical (unpaired) electrons. The summed E-state index contributed by atoms with van der Waals surface area (Å²) in [6.45, 7) is 4.62. The standard InChI is InChI=1S/C14H18O2/c1-10-6-7-13(10)9-16-14-5-3-4-12(8-14)11(2)15/h3-5,8,10,13H,6-7,9H2,1-2H3/t10-,13-/m0/s1. The number of hydrogen-bond donors (Lipinski definition) is 0. The molecule has 0 aromatic heterocycles. The minimum Gasteiger partial charge on any atom is -0.493 e. The summed E-state index contributed by atoms with van der Waals surface area (Å²) in [5, 5.41) is 0. The Hall–Kier alpha value is -1.31. The van der Waals surface area contributed by atoms with Crippen LogP contribution in [-0.2, 0) is 0 Å². The van der Waals surface area contributed by atoms with Crippen LogP contribution < -0.4 is 4.74 Å². The fourth-order valence-corrected chi connectivity index (χ4v) is 1.99. The van der Waals surface area contributed by atoms with Crippen LogP contribution in [0.3, 0.4) is 0 Å². The minimum atomic E-state index is 0.0856. The Kier molecular flexibility index (Phi) is 3.28. The van der Waals surface area contributed by atoms with Gasteiger partial charge in [0.25, 0.3) is 0 Å². The maximum atomic E-state index is 11.2. The van der Waals surface area contributed by atoms with Crippen LogP contribution in [0.25, 0.3) is 0 Å². The molecule has 2 heteroatoms. The Balaban J connectivity index is 1.93. The van der Waals surface area contributed by atoms with Crippen molar-refractivity contribution in [2.24, 2.45) is 11.8 Å². The molecule has 2 nitrogen and oxygen atoms in total. The first-order valence-electron chi connectivity index (χ1n) is 5.90. The second kappa shape index (κ2) is 4.69. The van der Waals surface area contributed by atoms with Gasteiger partial charge >= 0.3 is 0 Å². The summed E-state index contributed by atoms with van der Waals surface area (Å²) in [5.74, 6) is 2.38. The van der Waals surface area contributed by atoms with Crippen molar-refractivity contribution in [2.75, 3.05) is 6.61 Å². The summed E-state index contributed by atoms with van der Waals surface area (Å²) >= 11 is 0. The van der Waals surface area contributed by atoms with Gasteiger partial charge in [-0.25, -0.2) is 0 Å². The van der Waals surface area contributed by atoms with Crippen LogP contribution in [0.2, 0.25) is 0 Å². The van der Waals surface area contributed by atoms with E-state index in [0.717, 1.165) is 23.8 Å². The van der Waals surface area contributed by atoms with Crippen molar-refractivity contribution in [3.05, 3.63) is 29.8 Å². The van der Waals surface area contributed by atoms with Crippen LogP contribution in [0.1, 0.15) is 37.0 Å². The summed E-state index contributed by atoms with van der Waals surface area (Å²) in [4.78, 5) is 11.2. The summed E-state index contributed by atoms with van der Waals surface area (Å²) in [7, 11) is 0. The molecule has 1 aliphatic rings. The molecule has 1 fully saturated rings. The summed E-state index contributed by atoms with van der Waals surface area (Å²) in [6, 6.07) is 7.43. The predicted octanol–water partition coefficient (Wildman–Crippen LogP) is 3.31. The Morgan fingerprint density at radius 3 is 2.81 bits per heavy atom. The highest BCUT2D eigenvalue weighted by Crippen LogP contribution is 2.33. The van der Waals surface area contributed by atoms with Crippen LogP contribution >= 0.6 is 0 Å². The van der Waals surface area contributed by atoms with E-state index in [1.54, 1.807) is 6.92 Å². The van der Waals surface area contributed by atoms with Gasteiger partial charge in [-0.15, -0.1) is 0 Å². The van der Waals surface area contributed by atoms with E-state index < -0.39 is 0 Å². The first-order chi connectivity index (χ1) is 7.66. The molecule has 0 amide bonds. The lowest BCUT2D eigenvalue weighted by Crippen LogP contribution is -2.28. The van der Waals surface area contributed by atoms with Crippen LogP contribution in [0.15, 0.2) is 24.3 Å². The lowest BCUT2D eigenvalue weighted by Gasteiger charge is -2.33. The van der Waals surface area contributed by atoms with Gasteiger partial charge in [0, 0.05) is 5.56 Å². The molecule has 0 heterocycles. The zero-order chi connectivity index (χ0) is 11.5. The normalized spacial score (nSPS) is 23.6. The predicted molar refractivity (Wildman–Crippen MR) is 63.8 cm³/mol. The summed E-state index contributed by atoms with van der Waals surface area (Å²) in [6.07, 6.45) is 2.59. The average Bonchev–Trinajstić information content (AvgIpc) is 2.27. The number of carbonyl (C=O) groups is 1. The number of Topliss-reactive ketones (excluding diaryl/α,β-unsaturated/α-hetero) is 1. The molecule has 1 saturated carbocycles. The van der Waals surface area contributed by atoms with Crippen molar-refractivity contribution >= 4 is 5.78 Å². The van der Waals surface area contributed by atoms with Gasteiger partial charge in [0.15, 0.2) is 5.78 Å².